The van der Waals surface area contributed by atoms with E-state index >= 15 is 0 Å². The van der Waals surface area contributed by atoms with Crippen LogP contribution in [0.25, 0.3) is 0 Å². The van der Waals surface area contributed by atoms with Crippen molar-refractivity contribution in [3.63, 3.8) is 0 Å². The summed E-state index contributed by atoms with van der Waals surface area (Å²) in [5, 5.41) is 0. The Kier molecular flexibility index (Phi) is 13.1. The van der Waals surface area contributed by atoms with Crippen LogP contribution in [0.15, 0.2) is 18.2 Å². The maximum Gasteiger partial charge on any atom is 1.00 e. The van der Waals surface area contributed by atoms with Crippen LogP contribution in [0.3, 0.4) is 0 Å². The minimum absolute atomic E-state index is 0. The topological polar surface area (TPSA) is 66.4 Å². The third kappa shape index (κ3) is 12.0. The number of rotatable bonds is 12. The Morgan fingerprint density at radius 1 is 0.960 bits per heavy atom. The summed E-state index contributed by atoms with van der Waals surface area (Å²) in [6.07, 6.45) is 8.39. The summed E-state index contributed by atoms with van der Waals surface area (Å²) in [4.78, 5) is 0. The van der Waals surface area contributed by atoms with E-state index < -0.39 is 22.0 Å². The van der Waals surface area contributed by atoms with Crippen molar-refractivity contribution in [1.82, 2.24) is 0 Å². The van der Waals surface area contributed by atoms with E-state index in [1.165, 1.54) is 36.8 Å². The van der Waals surface area contributed by atoms with Crippen molar-refractivity contribution in [2.75, 3.05) is 5.75 Å². The molecule has 0 fully saturated rings. The number of benzene rings is 1. The van der Waals surface area contributed by atoms with Crippen LogP contribution in [0.5, 0.6) is 5.75 Å². The fourth-order valence-corrected chi connectivity index (χ4v) is 3.44. The molecule has 0 saturated carbocycles. The molecule has 1 atom stereocenters. The Bertz CT molecular complexity index is 559. The van der Waals surface area contributed by atoms with Gasteiger partial charge < -0.3 is 9.29 Å². The van der Waals surface area contributed by atoms with E-state index in [0.29, 0.717) is 5.75 Å². The van der Waals surface area contributed by atoms with Crippen LogP contribution in [0, 0.1) is 0 Å². The normalized spacial score (nSPS) is 12.5. The summed E-state index contributed by atoms with van der Waals surface area (Å²) < 4.78 is 38.3. The molecule has 0 N–H and O–H groups in total. The van der Waals surface area contributed by atoms with Crippen LogP contribution in [0.1, 0.15) is 70.4 Å². The number of hydrogen-bond acceptors (Lipinski definition) is 4. The maximum absolute atomic E-state index is 10.9. The number of ether oxygens (including phenoxy) is 1. The molecular formula is C19H31NaO4S. The summed E-state index contributed by atoms with van der Waals surface area (Å²) in [7, 11) is -4.27. The van der Waals surface area contributed by atoms with Gasteiger partial charge in [-0.05, 0) is 55.9 Å². The van der Waals surface area contributed by atoms with E-state index in [1.54, 1.807) is 6.92 Å². The van der Waals surface area contributed by atoms with Crippen molar-refractivity contribution in [2.45, 2.75) is 78.2 Å². The summed E-state index contributed by atoms with van der Waals surface area (Å²) in [6, 6.07) is 6.19. The molecule has 1 unspecified atom stereocenters. The molecule has 0 amide bonds. The number of hydrogen-bond donors (Lipinski definition) is 0. The predicted octanol–water partition coefficient (Wildman–Crippen LogP) is 1.47. The third-order valence-corrected chi connectivity index (χ3v) is 4.82. The molecule has 25 heavy (non-hydrogen) atoms. The Balaban J connectivity index is 0.00000576. The van der Waals surface area contributed by atoms with E-state index in [-0.39, 0.29) is 29.6 Å². The first-order chi connectivity index (χ1) is 11.3. The monoisotopic (exact) mass is 378 g/mol. The predicted molar refractivity (Wildman–Crippen MR) is 97.6 cm³/mol. The molecule has 0 bridgehead atoms. The molecule has 0 aliphatic heterocycles. The average molecular weight is 379 g/mol. The van der Waals surface area contributed by atoms with Gasteiger partial charge in [0.2, 0.25) is 0 Å². The van der Waals surface area contributed by atoms with Crippen molar-refractivity contribution in [3.8, 4) is 5.75 Å². The third-order valence-electron chi connectivity index (χ3n) is 3.94. The van der Waals surface area contributed by atoms with Crippen molar-refractivity contribution < 1.29 is 47.3 Å². The Hall–Kier alpha value is -0.0700. The Labute approximate surface area is 175 Å². The zero-order valence-corrected chi connectivity index (χ0v) is 19.0. The van der Waals surface area contributed by atoms with Crippen molar-refractivity contribution in [3.05, 3.63) is 29.3 Å². The van der Waals surface area contributed by atoms with Gasteiger partial charge in [0.25, 0.3) is 0 Å². The molecule has 1 aromatic carbocycles. The SMILES string of the molecule is CCCCCc1cc(CCCCC)cc(OC(C)CS(=O)(=O)[O-])c1.[Na+]. The molecule has 0 heterocycles. The molecule has 0 aromatic heterocycles. The standard InChI is InChI=1S/C19H32O4S.Na/c1-4-6-8-10-17-12-18(11-9-7-5-2)14-19(13-17)23-16(3)15-24(20,21)22;/h12-14,16H,4-11,15H2,1-3H3,(H,20,21,22);/q;+1/p-1. The molecule has 0 aliphatic rings. The Morgan fingerprint density at radius 2 is 1.44 bits per heavy atom. The second-order valence-corrected chi connectivity index (χ2v) is 8.00. The van der Waals surface area contributed by atoms with Gasteiger partial charge >= 0.3 is 29.6 Å². The van der Waals surface area contributed by atoms with Crippen LogP contribution in [0.2, 0.25) is 0 Å². The maximum atomic E-state index is 10.9. The average Bonchev–Trinajstić information content (AvgIpc) is 2.45. The first-order valence-corrected chi connectivity index (χ1v) is 10.6. The summed E-state index contributed by atoms with van der Waals surface area (Å²) in [5.41, 5.74) is 2.45. The van der Waals surface area contributed by atoms with Gasteiger partial charge in [0.05, 0.1) is 15.9 Å². The molecule has 0 aliphatic carbocycles. The zero-order valence-electron chi connectivity index (χ0n) is 16.2. The molecule has 1 rings (SSSR count). The van der Waals surface area contributed by atoms with E-state index in [9.17, 15) is 13.0 Å². The Morgan fingerprint density at radius 3 is 1.84 bits per heavy atom. The van der Waals surface area contributed by atoms with Crippen LogP contribution >= 0.6 is 0 Å². The van der Waals surface area contributed by atoms with Gasteiger partial charge in [-0.1, -0.05) is 45.6 Å². The molecule has 138 valence electrons. The van der Waals surface area contributed by atoms with E-state index in [2.05, 4.69) is 19.9 Å². The van der Waals surface area contributed by atoms with Crippen molar-refractivity contribution in [2.24, 2.45) is 0 Å². The van der Waals surface area contributed by atoms with Gasteiger partial charge in [0.15, 0.2) is 0 Å². The molecule has 6 heteroatoms. The summed E-state index contributed by atoms with van der Waals surface area (Å²) in [5.74, 6) is 0.171. The first kappa shape index (κ1) is 24.9. The molecular weight excluding hydrogens is 347 g/mol. The van der Waals surface area contributed by atoms with Crippen LogP contribution in [0.4, 0.5) is 0 Å². The zero-order chi connectivity index (χ0) is 18.0. The smallest absolute Gasteiger partial charge is 0.748 e. The van der Waals surface area contributed by atoms with Gasteiger partial charge in [-0.25, -0.2) is 8.42 Å². The van der Waals surface area contributed by atoms with Crippen LogP contribution < -0.4 is 34.3 Å². The molecule has 1 aromatic rings. The first-order valence-electron chi connectivity index (χ1n) is 9.07. The van der Waals surface area contributed by atoms with Crippen molar-refractivity contribution in [1.29, 1.82) is 0 Å². The minimum atomic E-state index is -4.27. The van der Waals surface area contributed by atoms with Gasteiger partial charge in [0.1, 0.15) is 11.9 Å². The van der Waals surface area contributed by atoms with Crippen LogP contribution in [-0.4, -0.2) is 24.8 Å². The van der Waals surface area contributed by atoms with E-state index in [0.717, 1.165) is 25.7 Å². The fourth-order valence-electron chi connectivity index (χ4n) is 2.80. The summed E-state index contributed by atoms with van der Waals surface area (Å²) in [6.45, 7) is 5.98. The van der Waals surface area contributed by atoms with Gasteiger partial charge in [0, 0.05) is 0 Å². The van der Waals surface area contributed by atoms with Gasteiger partial charge in [-0.15, -0.1) is 0 Å². The fraction of sp³-hybridized carbons (Fsp3) is 0.684. The molecule has 4 nitrogen and oxygen atoms in total. The van der Waals surface area contributed by atoms with Crippen LogP contribution in [-0.2, 0) is 23.0 Å². The second-order valence-electron chi connectivity index (χ2n) is 6.55. The number of aryl methyl sites for hydroxylation is 2. The molecule has 0 saturated heterocycles. The molecule has 0 radical (unpaired) electrons. The van der Waals surface area contributed by atoms with Crippen molar-refractivity contribution >= 4 is 10.1 Å². The largest absolute Gasteiger partial charge is 1.00 e. The van der Waals surface area contributed by atoms with Gasteiger partial charge in [-0.3, -0.25) is 0 Å². The molecule has 0 spiro atoms. The quantitative estimate of drug-likeness (QED) is 0.314. The number of unbranched alkanes of at least 4 members (excludes halogenated alkanes) is 4. The van der Waals surface area contributed by atoms with E-state index in [4.69, 9.17) is 4.74 Å². The van der Waals surface area contributed by atoms with Gasteiger partial charge in [-0.2, -0.15) is 0 Å². The van der Waals surface area contributed by atoms with E-state index in [1.807, 2.05) is 12.1 Å². The summed E-state index contributed by atoms with van der Waals surface area (Å²) >= 11 is 0. The second kappa shape index (κ2) is 13.2. The minimum Gasteiger partial charge on any atom is -0.748 e.